The summed E-state index contributed by atoms with van der Waals surface area (Å²) in [7, 11) is 1.52. The number of allylic oxidation sites excluding steroid dienone is 1. The van der Waals surface area contributed by atoms with Crippen LogP contribution in [0.5, 0.6) is 0 Å². The first-order valence-electron chi connectivity index (χ1n) is 40.9. The highest BCUT2D eigenvalue weighted by Gasteiger charge is 2.52. The molecule has 13 amide bonds. The number of benzene rings is 2. The fraction of sp³-hybridized carbons (Fsp3) is 0.610. The summed E-state index contributed by atoms with van der Waals surface area (Å²) in [4.78, 5) is 185. The molecule has 2 aromatic carbocycles. The largest absolute Gasteiger partial charge is 0.391 e. The Bertz CT molecular complexity index is 3880. The zero-order chi connectivity index (χ0) is 86.2. The van der Waals surface area contributed by atoms with Gasteiger partial charge in [0.05, 0.1) is 101 Å². The number of hydrogen-bond donors (Lipinski definition) is 13. The molecule has 120 heavy (non-hydrogen) atoms. The molecule has 6 saturated heterocycles. The fourth-order valence-corrected chi connectivity index (χ4v) is 15.4. The molecule has 9 rings (SSSR count). The van der Waals surface area contributed by atoms with Crippen LogP contribution in [0.2, 0.25) is 0 Å². The van der Waals surface area contributed by atoms with Crippen LogP contribution in [0.1, 0.15) is 115 Å². The number of ether oxygens (including phenoxy) is 9. The summed E-state index contributed by atoms with van der Waals surface area (Å²) in [5.74, 6) is -10.4. The lowest BCUT2D eigenvalue weighted by molar-refractivity contribution is -0.263. The lowest BCUT2D eigenvalue weighted by Crippen LogP contribution is -2.61. The van der Waals surface area contributed by atoms with E-state index in [0.717, 1.165) is 54.8 Å². The molecule has 2 bridgehead atoms. The highest BCUT2D eigenvalue weighted by molar-refractivity contribution is 6.12. The molecule has 6 fully saturated rings. The van der Waals surface area contributed by atoms with E-state index in [-0.39, 0.29) is 114 Å². The third kappa shape index (κ3) is 29.5. The molecule has 7 aliphatic rings. The second-order valence-corrected chi connectivity index (χ2v) is 30.8. The molecule has 658 valence electrons. The van der Waals surface area contributed by atoms with Gasteiger partial charge in [-0.25, -0.2) is 5.01 Å². The van der Waals surface area contributed by atoms with Gasteiger partial charge in [-0.05, 0) is 68.6 Å². The average molecular weight is 1680 g/mol. The summed E-state index contributed by atoms with van der Waals surface area (Å²) >= 11 is 0. The van der Waals surface area contributed by atoms with Crippen molar-refractivity contribution in [2.75, 3.05) is 92.8 Å². The van der Waals surface area contributed by atoms with E-state index < -0.39 is 202 Å². The van der Waals surface area contributed by atoms with Gasteiger partial charge in [-0.3, -0.25) is 67.1 Å². The minimum absolute atomic E-state index is 0.00173. The quantitative estimate of drug-likeness (QED) is 0.0139. The number of aliphatic hydroxyl groups is 2. The maximum absolute atomic E-state index is 14.2. The molecule has 2 unspecified atom stereocenters. The first-order valence-corrected chi connectivity index (χ1v) is 40.9. The van der Waals surface area contributed by atoms with Crippen LogP contribution in [-0.2, 0) is 123 Å². The van der Waals surface area contributed by atoms with E-state index >= 15 is 0 Å². The lowest BCUT2D eigenvalue weighted by Gasteiger charge is -2.46. The maximum atomic E-state index is 14.2. The third-order valence-electron chi connectivity index (χ3n) is 21.6. The van der Waals surface area contributed by atoms with Gasteiger partial charge in [0.15, 0.2) is 0 Å². The van der Waals surface area contributed by atoms with Crippen LogP contribution >= 0.6 is 0 Å². The molecule has 2 aromatic rings. The number of unbranched alkanes of at least 4 members (excludes halogenated alkanes) is 1. The number of carbonyl (C=O) groups is 14. The maximum Gasteiger partial charge on any atom is 0.268 e. The van der Waals surface area contributed by atoms with Crippen LogP contribution in [0.4, 0.5) is 0 Å². The van der Waals surface area contributed by atoms with E-state index in [0.29, 0.717) is 48.2 Å². The van der Waals surface area contributed by atoms with Crippen molar-refractivity contribution >= 4 is 82.6 Å². The molecule has 0 aliphatic carbocycles. The Morgan fingerprint density at radius 3 is 1.89 bits per heavy atom. The summed E-state index contributed by atoms with van der Waals surface area (Å²) in [5.41, 5.74) is 2.20. The van der Waals surface area contributed by atoms with Crippen LogP contribution < -0.4 is 58.5 Å². The monoisotopic (exact) mass is 1680 g/mol. The Kier molecular flexibility index (Phi) is 37.6. The number of Topliss-reactive ketones (excluding diaryl/α,β-unsaturated/α-hetero) is 1. The number of hydrazine groups is 1. The van der Waals surface area contributed by atoms with E-state index in [9.17, 15) is 77.3 Å². The number of amides is 13. The second-order valence-electron chi connectivity index (χ2n) is 30.8. The van der Waals surface area contributed by atoms with E-state index in [1.165, 1.54) is 7.11 Å². The molecule has 38 heteroatoms. The van der Waals surface area contributed by atoms with Crippen molar-refractivity contribution in [2.45, 2.75) is 220 Å². The number of rotatable bonds is 47. The number of carbonyl (C=O) groups excluding carboxylic acids is 14. The van der Waals surface area contributed by atoms with Crippen LogP contribution in [0.25, 0.3) is 0 Å². The van der Waals surface area contributed by atoms with Gasteiger partial charge in [-0.1, -0.05) is 93.1 Å². The summed E-state index contributed by atoms with van der Waals surface area (Å²) < 4.78 is 54.3. The van der Waals surface area contributed by atoms with Crippen LogP contribution in [-0.4, -0.2) is 299 Å². The smallest absolute Gasteiger partial charge is 0.268 e. The number of aliphatic hydroxyl groups excluding tert-OH is 2. The second kappa shape index (κ2) is 48.0. The Hall–Kier alpha value is -9.84. The van der Waals surface area contributed by atoms with E-state index in [2.05, 4.69) is 78.6 Å². The molecule has 13 N–H and O–H groups in total. The molecule has 0 saturated carbocycles. The Morgan fingerprint density at radius 1 is 0.650 bits per heavy atom. The summed E-state index contributed by atoms with van der Waals surface area (Å²) in [6.45, 7) is 6.47. The molecule has 0 aromatic heterocycles. The molecular weight excluding hydrogens is 1570 g/mol. The van der Waals surface area contributed by atoms with Crippen LogP contribution in [0.3, 0.4) is 0 Å². The van der Waals surface area contributed by atoms with Gasteiger partial charge in [0.25, 0.3) is 11.8 Å². The summed E-state index contributed by atoms with van der Waals surface area (Å²) in [6.07, 6.45) is 3.01. The molecule has 7 heterocycles. The molecule has 38 nitrogen and oxygen atoms in total. The van der Waals surface area contributed by atoms with Crippen molar-refractivity contribution in [2.24, 2.45) is 5.92 Å². The minimum atomic E-state index is -1.33. The van der Waals surface area contributed by atoms with Gasteiger partial charge in [-0.15, -0.1) is 6.58 Å². The predicted molar refractivity (Wildman–Crippen MR) is 424 cm³/mol. The topological polar surface area (TPSA) is 501 Å². The number of hydrogen-bond acceptors (Lipinski definition) is 26. The van der Waals surface area contributed by atoms with Gasteiger partial charge < -0.3 is 111 Å². The number of nitrogens with zero attached hydrogens (tertiary/aromatic N) is 2. The molecule has 0 spiro atoms. The fourth-order valence-electron chi connectivity index (χ4n) is 15.4. The average Bonchev–Trinajstić information content (AvgIpc) is 0.911. The van der Waals surface area contributed by atoms with Crippen molar-refractivity contribution in [3.8, 4) is 0 Å². The van der Waals surface area contributed by atoms with Crippen LogP contribution in [0, 0.1) is 5.92 Å². The lowest BCUT2D eigenvalue weighted by atomic mass is 9.83. The van der Waals surface area contributed by atoms with Crippen molar-refractivity contribution in [3.63, 3.8) is 0 Å². The van der Waals surface area contributed by atoms with E-state index in [1.54, 1.807) is 66.7 Å². The Balaban J connectivity index is 0.694. The van der Waals surface area contributed by atoms with Crippen LogP contribution in [0.15, 0.2) is 97.6 Å². The zero-order valence-corrected chi connectivity index (χ0v) is 68.0. The van der Waals surface area contributed by atoms with Gasteiger partial charge in [0, 0.05) is 89.3 Å². The highest BCUT2D eigenvalue weighted by atomic mass is 16.7. The van der Waals surface area contributed by atoms with Gasteiger partial charge in [0.2, 0.25) is 65.0 Å². The van der Waals surface area contributed by atoms with E-state index in [1.807, 2.05) is 6.92 Å². The first kappa shape index (κ1) is 94.0. The van der Waals surface area contributed by atoms with Crippen molar-refractivity contribution < 1.29 is 120 Å². The number of ketones is 1. The summed E-state index contributed by atoms with van der Waals surface area (Å²) in [5, 5.41) is 51.7. The van der Waals surface area contributed by atoms with Gasteiger partial charge >= 0.3 is 0 Å². The Labute approximate surface area is 695 Å². The third-order valence-corrected chi connectivity index (χ3v) is 21.6. The van der Waals surface area contributed by atoms with E-state index in [4.69, 9.17) is 42.6 Å². The normalized spacial score (nSPS) is 25.5. The number of nitrogens with one attached hydrogen (secondary N) is 11. The predicted octanol–water partition coefficient (Wildman–Crippen LogP) is -2.65. The Morgan fingerprint density at radius 2 is 1.26 bits per heavy atom. The SMILES string of the molecule is C=CCC[C@@H](C)NC(=O)COCNC(=O)CNC(=O)[C@H](Cc1ccccc1)NC(=O)CNC(=O)CNC(=O)CO[C@@H]1C[C@@H](C(=O)NCC(=O)NCC(=O)N[C@@H](Cc2ccccc2)C(=O)NCC(=O)NC[C@@H](O)C[C@H]2O[C@@H](C[C@H]3O[C@@H](CCCC)CCC3=C)[C@H](CC(=O)C[C@H]3CC[C@@H]4OC5COCO[C@H](C5O)[C@H]4O3)[C@H]2OC)N(N2C(=O)C=CC2=O)C1. The number of fused-ring (bicyclic) bond motifs is 4. The van der Waals surface area contributed by atoms with Gasteiger partial charge in [0.1, 0.15) is 75.1 Å². The highest BCUT2D eigenvalue weighted by Crippen LogP contribution is 2.41. The summed E-state index contributed by atoms with van der Waals surface area (Å²) in [6, 6.07) is 13.3. The van der Waals surface area contributed by atoms with Crippen molar-refractivity contribution in [1.82, 2.24) is 68.5 Å². The molecule has 0 radical (unpaired) electrons. The molecule has 18 atom stereocenters. The first-order chi connectivity index (χ1) is 57.7. The number of methoxy groups -OCH3 is 1. The van der Waals surface area contributed by atoms with Gasteiger partial charge in [-0.2, -0.15) is 5.01 Å². The van der Waals surface area contributed by atoms with Crippen molar-refractivity contribution in [1.29, 1.82) is 0 Å². The minimum Gasteiger partial charge on any atom is -0.391 e. The number of imide groups is 1. The zero-order valence-electron chi connectivity index (χ0n) is 68.0. The standard InChI is InChI=1S/C82H115N13O25/c1-6-8-16-49(4)91-73(105)44-113-46-90-69(101)39-88-81(110)59(29-51-19-14-11-15-20-51)93-70(102)40-84-66(98)36-86-72(104)45-115-56-33-60(94(42-56)95-74(106)26-27-75(95)107)82(111)89-38-68(100)85-41-71(103)92-58(28-50-17-12-10-13-18-50)80(109)87-37-67(99)83-35-53(97)32-64-77(112-5)57(63(120-64)34-62-48(3)22-23-54(117-62)21-9-7-2)31-52(96)30-55-24-25-61-78(118-55)79-76(108)65(119-61)43-114-47-116-79/h6,10-15,17-20,26-27,49,53-65,76-79,97,108H,1,3,7-9,16,21-25,28-47H2,2,4-5H3,(H,83,99)(H,84,98)(H,85,100)(H,86,104)(H,87,109)(H,88,110)(H,89,111)(H,90,101)(H,91,105)(H,92,103)(H,93,102)/t49-,53+,54+,55-,56-,57+,58+,59+,60+,61+,62-,63+,64-,65?,76?,77-,78+,79-/m1/s1. The molecule has 7 aliphatic heterocycles. The van der Waals surface area contributed by atoms with Crippen molar-refractivity contribution in [3.05, 3.63) is 109 Å². The molecular formula is C82H115N13O25.